The molecule has 0 aliphatic heterocycles. The van der Waals surface area contributed by atoms with Gasteiger partial charge in [-0.1, -0.05) is 25.8 Å². The van der Waals surface area contributed by atoms with Crippen LogP contribution in [-0.4, -0.2) is 34.7 Å². The van der Waals surface area contributed by atoms with E-state index in [9.17, 15) is 20.7 Å². The zero-order valence-electron chi connectivity index (χ0n) is 11.4. The first kappa shape index (κ1) is 17.1. The van der Waals surface area contributed by atoms with Gasteiger partial charge < -0.3 is 0 Å². The Hall–Kier alpha value is -0.990. The number of rotatable bonds is 7. The van der Waals surface area contributed by atoms with Gasteiger partial charge in [0.15, 0.2) is 0 Å². The highest BCUT2D eigenvalue weighted by Gasteiger charge is 2.22. The molecule has 0 aliphatic carbocycles. The monoisotopic (exact) mass is 323 g/mol. The van der Waals surface area contributed by atoms with Gasteiger partial charge in [0.05, 0.1) is 9.79 Å². The van der Waals surface area contributed by atoms with Crippen molar-refractivity contribution in [2.75, 3.05) is 13.6 Å². The van der Waals surface area contributed by atoms with Gasteiger partial charge in [0.1, 0.15) is 0 Å². The van der Waals surface area contributed by atoms with Crippen LogP contribution in [0.15, 0.2) is 34.1 Å². The Kier molecular flexibility index (Phi) is 5.67. The fraction of sp³-hybridized carbons (Fsp3) is 0.500. The normalized spacial score (nSPS) is 12.8. The first-order valence-corrected chi connectivity index (χ1v) is 9.03. The van der Waals surface area contributed by atoms with Crippen LogP contribution in [0.25, 0.3) is 0 Å². The predicted octanol–water partition coefficient (Wildman–Crippen LogP) is 2.16. The third-order valence-corrected chi connectivity index (χ3v) is 5.54. The van der Waals surface area contributed by atoms with Gasteiger partial charge in [-0.05, 0) is 24.6 Å². The zero-order chi connectivity index (χ0) is 15.4. The Labute approximate surface area is 119 Å². The number of hydrogen-bond acceptors (Lipinski definition) is 4. The molecule has 0 saturated heterocycles. The lowest BCUT2D eigenvalue weighted by Crippen LogP contribution is -2.28. The van der Waals surface area contributed by atoms with Gasteiger partial charge >= 0.3 is 10.2 Å². The second-order valence-electron chi connectivity index (χ2n) is 4.45. The minimum absolute atomic E-state index is 0.227. The van der Waals surface area contributed by atoms with Crippen LogP contribution in [0.3, 0.4) is 0 Å². The SMILES string of the molecule is CCCCCN(C)S(=O)(=O)c1cccc(S(=O)(=O)F)c1. The van der Waals surface area contributed by atoms with E-state index >= 15 is 0 Å². The average molecular weight is 323 g/mol. The van der Waals surface area contributed by atoms with Gasteiger partial charge in [0.25, 0.3) is 0 Å². The molecule has 0 saturated carbocycles. The Morgan fingerprint density at radius 3 is 2.25 bits per heavy atom. The zero-order valence-corrected chi connectivity index (χ0v) is 13.0. The summed E-state index contributed by atoms with van der Waals surface area (Å²) in [5.41, 5.74) is 0. The maximum Gasteiger partial charge on any atom is 0.332 e. The first-order valence-electron chi connectivity index (χ1n) is 6.20. The van der Waals surface area contributed by atoms with Crippen LogP contribution in [0.4, 0.5) is 3.89 Å². The lowest BCUT2D eigenvalue weighted by atomic mass is 10.2. The highest BCUT2D eigenvalue weighted by Crippen LogP contribution is 2.20. The number of benzene rings is 1. The van der Waals surface area contributed by atoms with Gasteiger partial charge in [-0.2, -0.15) is 8.42 Å². The summed E-state index contributed by atoms with van der Waals surface area (Å²) in [4.78, 5) is -0.879. The molecule has 0 radical (unpaired) electrons. The molecule has 1 aromatic carbocycles. The smallest absolute Gasteiger partial charge is 0.207 e. The third kappa shape index (κ3) is 4.26. The van der Waals surface area contributed by atoms with E-state index in [2.05, 4.69) is 0 Å². The van der Waals surface area contributed by atoms with Crippen LogP contribution in [0, 0.1) is 0 Å². The van der Waals surface area contributed by atoms with Crippen molar-refractivity contribution in [1.29, 1.82) is 0 Å². The lowest BCUT2D eigenvalue weighted by Gasteiger charge is -2.17. The largest absolute Gasteiger partial charge is 0.332 e. The van der Waals surface area contributed by atoms with Gasteiger partial charge in [-0.3, -0.25) is 0 Å². The molecule has 8 heteroatoms. The van der Waals surface area contributed by atoms with Crippen molar-refractivity contribution in [2.24, 2.45) is 0 Å². The van der Waals surface area contributed by atoms with Crippen molar-refractivity contribution in [3.05, 3.63) is 24.3 Å². The topological polar surface area (TPSA) is 71.5 Å². The summed E-state index contributed by atoms with van der Waals surface area (Å²) in [5.74, 6) is 0. The molecule has 0 bridgehead atoms. The highest BCUT2D eigenvalue weighted by molar-refractivity contribution is 7.89. The predicted molar refractivity (Wildman–Crippen MR) is 74.1 cm³/mol. The molecule has 0 fully saturated rings. The lowest BCUT2D eigenvalue weighted by molar-refractivity contribution is 0.454. The molecule has 20 heavy (non-hydrogen) atoms. The summed E-state index contributed by atoms with van der Waals surface area (Å²) in [6, 6.07) is 4.31. The highest BCUT2D eigenvalue weighted by atomic mass is 32.3. The first-order chi connectivity index (χ1) is 9.19. The summed E-state index contributed by atoms with van der Waals surface area (Å²) in [6.45, 7) is 2.34. The molecule has 0 atom stereocenters. The maximum atomic E-state index is 12.9. The second-order valence-corrected chi connectivity index (χ2v) is 7.84. The van der Waals surface area contributed by atoms with E-state index in [0.717, 1.165) is 29.3 Å². The van der Waals surface area contributed by atoms with Crippen LogP contribution in [0.5, 0.6) is 0 Å². The molecule has 0 spiro atoms. The van der Waals surface area contributed by atoms with Crippen molar-refractivity contribution in [2.45, 2.75) is 36.0 Å². The van der Waals surface area contributed by atoms with E-state index < -0.39 is 25.1 Å². The van der Waals surface area contributed by atoms with E-state index in [1.807, 2.05) is 6.92 Å². The Bertz CT molecular complexity index is 656. The summed E-state index contributed by atoms with van der Waals surface area (Å²) in [5, 5.41) is 0. The van der Waals surface area contributed by atoms with Crippen LogP contribution in [-0.2, 0) is 20.2 Å². The molecule has 1 rings (SSSR count). The van der Waals surface area contributed by atoms with Crippen molar-refractivity contribution < 1.29 is 20.7 Å². The Balaban J connectivity index is 3.04. The molecular weight excluding hydrogens is 305 g/mol. The van der Waals surface area contributed by atoms with Gasteiger partial charge in [0, 0.05) is 13.6 Å². The van der Waals surface area contributed by atoms with E-state index in [0.29, 0.717) is 13.0 Å². The van der Waals surface area contributed by atoms with Crippen LogP contribution in [0.1, 0.15) is 26.2 Å². The van der Waals surface area contributed by atoms with Crippen LogP contribution >= 0.6 is 0 Å². The summed E-state index contributed by atoms with van der Waals surface area (Å²) in [6.07, 6.45) is 2.58. The van der Waals surface area contributed by atoms with Gasteiger partial charge in [-0.25, -0.2) is 12.7 Å². The molecule has 0 heterocycles. The third-order valence-electron chi connectivity index (χ3n) is 2.87. The van der Waals surface area contributed by atoms with E-state index in [4.69, 9.17) is 0 Å². The fourth-order valence-electron chi connectivity index (χ4n) is 1.67. The number of hydrogen-bond donors (Lipinski definition) is 0. The standard InChI is InChI=1S/C12H18FNO4S2/c1-3-4-5-9-14(2)20(17,18)12-8-6-7-11(10-12)19(13,15)16/h6-8,10H,3-5,9H2,1-2H3. The van der Waals surface area contributed by atoms with Crippen LogP contribution < -0.4 is 0 Å². The van der Waals surface area contributed by atoms with Crippen molar-refractivity contribution in [1.82, 2.24) is 4.31 Å². The van der Waals surface area contributed by atoms with E-state index in [1.54, 1.807) is 0 Å². The molecule has 1 aromatic rings. The van der Waals surface area contributed by atoms with Gasteiger partial charge in [0.2, 0.25) is 10.0 Å². The molecule has 0 aromatic heterocycles. The average Bonchev–Trinajstić information content (AvgIpc) is 2.38. The quantitative estimate of drug-likeness (QED) is 0.569. The number of unbranched alkanes of at least 4 members (excludes halogenated alkanes) is 2. The van der Waals surface area contributed by atoms with Crippen molar-refractivity contribution in [3.63, 3.8) is 0 Å². The Morgan fingerprint density at radius 1 is 1.10 bits per heavy atom. The van der Waals surface area contributed by atoms with Crippen molar-refractivity contribution in [3.8, 4) is 0 Å². The number of halogens is 1. The Morgan fingerprint density at radius 2 is 1.70 bits per heavy atom. The second kappa shape index (κ2) is 6.64. The van der Waals surface area contributed by atoms with E-state index in [1.165, 1.54) is 19.2 Å². The molecule has 114 valence electrons. The van der Waals surface area contributed by atoms with Crippen LogP contribution in [0.2, 0.25) is 0 Å². The fourth-order valence-corrected chi connectivity index (χ4v) is 3.51. The van der Waals surface area contributed by atoms with E-state index in [-0.39, 0.29) is 4.90 Å². The van der Waals surface area contributed by atoms with Gasteiger partial charge in [-0.15, -0.1) is 3.89 Å². The molecule has 5 nitrogen and oxygen atoms in total. The summed E-state index contributed by atoms with van der Waals surface area (Å²) >= 11 is 0. The minimum atomic E-state index is -4.92. The molecule has 0 unspecified atom stereocenters. The molecular formula is C12H18FNO4S2. The minimum Gasteiger partial charge on any atom is -0.207 e. The number of nitrogens with zero attached hydrogens (tertiary/aromatic N) is 1. The number of sulfonamides is 1. The molecule has 0 aliphatic rings. The summed E-state index contributed by atoms with van der Waals surface area (Å²) in [7, 11) is -7.30. The molecule has 0 amide bonds. The summed E-state index contributed by atoms with van der Waals surface area (Å²) < 4.78 is 60.1. The molecule has 0 N–H and O–H groups in total. The maximum absolute atomic E-state index is 12.9. The van der Waals surface area contributed by atoms with Crippen molar-refractivity contribution >= 4 is 20.2 Å².